The third-order valence-corrected chi connectivity index (χ3v) is 7.33. The van der Waals surface area contributed by atoms with Crippen LogP contribution in [0.15, 0.2) is 54.6 Å². The molecule has 0 saturated carbocycles. The van der Waals surface area contributed by atoms with E-state index in [2.05, 4.69) is 4.72 Å². The largest absolute Gasteiger partial charge is 0.489 e. The lowest BCUT2D eigenvalue weighted by molar-refractivity contribution is -0.110. The van der Waals surface area contributed by atoms with E-state index in [0.29, 0.717) is 25.5 Å². The van der Waals surface area contributed by atoms with Crippen LogP contribution in [0.5, 0.6) is 5.75 Å². The zero-order valence-corrected chi connectivity index (χ0v) is 17.9. The fraction of sp³-hybridized carbons (Fsp3) is 0.455. The van der Waals surface area contributed by atoms with Gasteiger partial charge in [-0.15, -0.1) is 0 Å². The zero-order valence-electron chi connectivity index (χ0n) is 17.1. The number of hydroxylamine groups is 2. The molecule has 8 heteroatoms. The second kappa shape index (κ2) is 9.45. The number of benzene rings is 2. The van der Waals surface area contributed by atoms with Crippen LogP contribution in [0.3, 0.4) is 0 Å². The predicted molar refractivity (Wildman–Crippen MR) is 113 cm³/mol. The van der Waals surface area contributed by atoms with Gasteiger partial charge >= 0.3 is 0 Å². The van der Waals surface area contributed by atoms with E-state index in [1.54, 1.807) is 12.1 Å². The lowest BCUT2D eigenvalue weighted by Gasteiger charge is -2.24. The molecule has 0 unspecified atom stereocenters. The maximum atomic E-state index is 13.0. The van der Waals surface area contributed by atoms with Crippen molar-refractivity contribution in [2.75, 3.05) is 26.8 Å². The summed E-state index contributed by atoms with van der Waals surface area (Å²) in [6, 6.07) is 17.1. The standard InChI is InChI=1S/C22H28N2O5S/c1-24-22(21(16-29-24)30(25,26)23-14-20-11-6-12-27-20)18-9-5-10-19(13-18)28-15-17-7-3-2-4-8-17/h2-5,7-10,13,20-23H,6,11-12,14-16H2,1H3/t20-,21+,22+/m1/s1. The summed E-state index contributed by atoms with van der Waals surface area (Å²) in [5, 5.41) is 0.903. The Kier molecular flexibility index (Phi) is 6.70. The number of nitrogens with one attached hydrogen (secondary N) is 1. The third-order valence-electron chi connectivity index (χ3n) is 5.57. The zero-order chi connectivity index (χ0) is 21.0. The van der Waals surface area contributed by atoms with Crippen LogP contribution in [0.4, 0.5) is 0 Å². The van der Waals surface area contributed by atoms with Gasteiger partial charge in [0.05, 0.1) is 18.8 Å². The first-order valence-electron chi connectivity index (χ1n) is 10.3. The second-order valence-electron chi connectivity index (χ2n) is 7.70. The molecule has 2 aromatic carbocycles. The molecule has 2 aliphatic heterocycles. The Labute approximate surface area is 177 Å². The van der Waals surface area contributed by atoms with E-state index >= 15 is 0 Å². The van der Waals surface area contributed by atoms with Crippen LogP contribution < -0.4 is 9.46 Å². The number of rotatable bonds is 8. The van der Waals surface area contributed by atoms with Gasteiger partial charge in [-0.1, -0.05) is 42.5 Å². The van der Waals surface area contributed by atoms with E-state index in [4.69, 9.17) is 14.3 Å². The molecule has 30 heavy (non-hydrogen) atoms. The molecule has 0 aliphatic carbocycles. The molecule has 2 heterocycles. The maximum absolute atomic E-state index is 13.0. The Hall–Kier alpha value is -1.97. The van der Waals surface area contributed by atoms with Gasteiger partial charge in [0.1, 0.15) is 17.6 Å². The van der Waals surface area contributed by atoms with Crippen molar-refractivity contribution in [3.05, 3.63) is 65.7 Å². The highest BCUT2D eigenvalue weighted by Crippen LogP contribution is 2.34. The Morgan fingerprint density at radius 1 is 1.17 bits per heavy atom. The van der Waals surface area contributed by atoms with Crippen molar-refractivity contribution in [3.8, 4) is 5.75 Å². The lowest BCUT2D eigenvalue weighted by Crippen LogP contribution is -2.42. The molecule has 2 saturated heterocycles. The molecule has 0 spiro atoms. The van der Waals surface area contributed by atoms with E-state index in [1.807, 2.05) is 54.6 Å². The minimum Gasteiger partial charge on any atom is -0.489 e. The molecule has 2 aromatic rings. The monoisotopic (exact) mass is 432 g/mol. The van der Waals surface area contributed by atoms with Gasteiger partial charge in [0.2, 0.25) is 10.0 Å². The summed E-state index contributed by atoms with van der Waals surface area (Å²) in [4.78, 5) is 5.60. The molecule has 2 aliphatic rings. The van der Waals surface area contributed by atoms with E-state index in [-0.39, 0.29) is 12.7 Å². The SMILES string of the molecule is CN1OC[C@H](S(=O)(=O)NC[C@H]2CCCO2)[C@@H]1c1cccc(OCc2ccccc2)c1. The first-order chi connectivity index (χ1) is 14.5. The van der Waals surface area contributed by atoms with Gasteiger partial charge < -0.3 is 9.47 Å². The highest BCUT2D eigenvalue weighted by atomic mass is 32.2. The Morgan fingerprint density at radius 2 is 2.00 bits per heavy atom. The molecule has 0 aromatic heterocycles. The molecule has 162 valence electrons. The Bertz CT molecular complexity index is 932. The first-order valence-corrected chi connectivity index (χ1v) is 11.8. The van der Waals surface area contributed by atoms with Crippen molar-refractivity contribution in [1.29, 1.82) is 0 Å². The molecule has 1 N–H and O–H groups in total. The summed E-state index contributed by atoms with van der Waals surface area (Å²) in [7, 11) is -1.82. The van der Waals surface area contributed by atoms with Crippen molar-refractivity contribution in [2.45, 2.75) is 36.8 Å². The van der Waals surface area contributed by atoms with Crippen molar-refractivity contribution >= 4 is 10.0 Å². The molecule has 0 radical (unpaired) electrons. The fourth-order valence-corrected chi connectivity index (χ4v) is 5.47. The van der Waals surface area contributed by atoms with Crippen LogP contribution >= 0.6 is 0 Å². The van der Waals surface area contributed by atoms with Crippen molar-refractivity contribution in [3.63, 3.8) is 0 Å². The summed E-state index contributed by atoms with van der Waals surface area (Å²) in [6.45, 7) is 1.55. The van der Waals surface area contributed by atoms with Gasteiger partial charge in [-0.25, -0.2) is 13.1 Å². The minimum atomic E-state index is -3.58. The van der Waals surface area contributed by atoms with Crippen LogP contribution in [0, 0.1) is 0 Å². The topological polar surface area (TPSA) is 77.1 Å². The van der Waals surface area contributed by atoms with Crippen molar-refractivity contribution < 1.29 is 22.7 Å². The van der Waals surface area contributed by atoms with E-state index < -0.39 is 21.3 Å². The van der Waals surface area contributed by atoms with Crippen LogP contribution in [-0.2, 0) is 26.2 Å². The van der Waals surface area contributed by atoms with Crippen LogP contribution in [-0.4, -0.2) is 51.6 Å². The van der Waals surface area contributed by atoms with E-state index in [9.17, 15) is 8.42 Å². The summed E-state index contributed by atoms with van der Waals surface area (Å²) in [6.07, 6.45) is 1.81. The molecular formula is C22H28N2O5S. The average molecular weight is 433 g/mol. The minimum absolute atomic E-state index is 0.0482. The third kappa shape index (κ3) is 5.01. The van der Waals surface area contributed by atoms with Gasteiger partial charge in [-0.2, -0.15) is 5.06 Å². The van der Waals surface area contributed by atoms with Gasteiger partial charge in [0.25, 0.3) is 0 Å². The summed E-state index contributed by atoms with van der Waals surface area (Å²) in [5.74, 6) is 0.695. The molecule has 0 amide bonds. The van der Waals surface area contributed by atoms with Gasteiger partial charge in [-0.05, 0) is 36.1 Å². The number of sulfonamides is 1. The highest BCUT2D eigenvalue weighted by Gasteiger charge is 2.43. The van der Waals surface area contributed by atoms with E-state index in [0.717, 1.165) is 24.0 Å². The van der Waals surface area contributed by atoms with Gasteiger partial charge in [-0.3, -0.25) is 4.84 Å². The number of nitrogens with zero attached hydrogens (tertiary/aromatic N) is 1. The average Bonchev–Trinajstić information content (AvgIpc) is 3.42. The number of hydrogen-bond acceptors (Lipinski definition) is 6. The number of ether oxygens (including phenoxy) is 2. The van der Waals surface area contributed by atoms with Gasteiger partial charge in [0.15, 0.2) is 0 Å². The van der Waals surface area contributed by atoms with E-state index in [1.165, 1.54) is 0 Å². The maximum Gasteiger partial charge on any atom is 0.218 e. The summed E-state index contributed by atoms with van der Waals surface area (Å²) in [5.41, 5.74) is 1.91. The molecule has 4 rings (SSSR count). The molecule has 2 fully saturated rings. The Balaban J connectivity index is 1.46. The van der Waals surface area contributed by atoms with Crippen molar-refractivity contribution in [2.24, 2.45) is 0 Å². The van der Waals surface area contributed by atoms with Crippen LogP contribution in [0.1, 0.15) is 30.0 Å². The van der Waals surface area contributed by atoms with Gasteiger partial charge in [0, 0.05) is 20.2 Å². The summed E-state index contributed by atoms with van der Waals surface area (Å²) >= 11 is 0. The van der Waals surface area contributed by atoms with Crippen LogP contribution in [0.2, 0.25) is 0 Å². The quantitative estimate of drug-likeness (QED) is 0.691. The van der Waals surface area contributed by atoms with Crippen molar-refractivity contribution in [1.82, 2.24) is 9.79 Å². The first kappa shape index (κ1) is 21.3. The fourth-order valence-electron chi connectivity index (χ4n) is 3.93. The Morgan fingerprint density at radius 3 is 2.77 bits per heavy atom. The lowest BCUT2D eigenvalue weighted by atomic mass is 10.0. The molecular weight excluding hydrogens is 404 g/mol. The smallest absolute Gasteiger partial charge is 0.218 e. The summed E-state index contributed by atoms with van der Waals surface area (Å²) < 4.78 is 40.2. The predicted octanol–water partition coefficient (Wildman–Crippen LogP) is 2.65. The van der Waals surface area contributed by atoms with Crippen LogP contribution in [0.25, 0.3) is 0 Å². The molecule has 3 atom stereocenters. The normalized spacial score (nSPS) is 24.9. The number of hydrogen-bond donors (Lipinski definition) is 1. The second-order valence-corrected chi connectivity index (χ2v) is 9.68. The molecule has 0 bridgehead atoms. The molecule has 7 nitrogen and oxygen atoms in total. The highest BCUT2D eigenvalue weighted by molar-refractivity contribution is 7.90.